The first-order valence-electron chi connectivity index (χ1n) is 11.1. The number of nitrogens with one attached hydrogen (secondary N) is 1. The molecule has 0 saturated carbocycles. The summed E-state index contributed by atoms with van der Waals surface area (Å²) >= 11 is 6.39. The van der Waals surface area contributed by atoms with Crippen molar-refractivity contribution in [1.82, 2.24) is 9.97 Å². The lowest BCUT2D eigenvalue weighted by Crippen LogP contribution is -2.30. The predicted octanol–water partition coefficient (Wildman–Crippen LogP) is 5.55. The molecule has 1 atom stereocenters. The van der Waals surface area contributed by atoms with E-state index in [1.165, 1.54) is 4.90 Å². The molecule has 1 aliphatic heterocycles. The summed E-state index contributed by atoms with van der Waals surface area (Å²) in [6.45, 7) is 4.21. The van der Waals surface area contributed by atoms with Crippen molar-refractivity contribution < 1.29 is 19.4 Å². The van der Waals surface area contributed by atoms with Crippen LogP contribution < -0.4 is 9.64 Å². The molecule has 1 amide bonds. The van der Waals surface area contributed by atoms with E-state index in [9.17, 15) is 14.7 Å². The number of anilines is 1. The Morgan fingerprint density at radius 2 is 1.89 bits per heavy atom. The molecule has 8 heteroatoms. The molecule has 0 aliphatic carbocycles. The van der Waals surface area contributed by atoms with Gasteiger partial charge in [-0.25, -0.2) is 4.98 Å². The smallest absolute Gasteiger partial charge is 0.302 e. The number of carbonyl (C=O) groups is 2. The molecule has 0 radical (unpaired) electrons. The fourth-order valence-corrected chi connectivity index (χ4v) is 4.52. The van der Waals surface area contributed by atoms with Crippen LogP contribution in [0.1, 0.15) is 29.7 Å². The van der Waals surface area contributed by atoms with E-state index in [1.807, 2.05) is 38.1 Å². The van der Waals surface area contributed by atoms with Crippen molar-refractivity contribution in [2.45, 2.75) is 19.9 Å². The summed E-state index contributed by atoms with van der Waals surface area (Å²) in [4.78, 5) is 35.7. The molecule has 1 aliphatic rings. The maximum atomic E-state index is 13.4. The molecule has 0 bridgehead atoms. The summed E-state index contributed by atoms with van der Waals surface area (Å²) in [5, 5.41) is 11.6. The number of rotatable bonds is 5. The fourth-order valence-electron chi connectivity index (χ4n) is 4.31. The SMILES string of the molecule is CCOc1ccc(Cl)c(/C(O)=C2\C(=O)C(=O)N(c3nc4ccc(C)cc4[nH]3)C2c2ccccc2)c1. The minimum Gasteiger partial charge on any atom is -0.507 e. The molecule has 176 valence electrons. The molecular weight excluding hydrogens is 466 g/mol. The second-order valence-electron chi connectivity index (χ2n) is 8.24. The lowest BCUT2D eigenvalue weighted by Gasteiger charge is -2.23. The van der Waals surface area contributed by atoms with Crippen LogP contribution in [0.4, 0.5) is 5.95 Å². The van der Waals surface area contributed by atoms with Gasteiger partial charge in [-0.15, -0.1) is 0 Å². The topological polar surface area (TPSA) is 95.5 Å². The van der Waals surface area contributed by atoms with Gasteiger partial charge in [0.2, 0.25) is 5.95 Å². The van der Waals surface area contributed by atoms with Crippen LogP contribution in [0.25, 0.3) is 16.8 Å². The Kier molecular flexibility index (Phi) is 5.78. The van der Waals surface area contributed by atoms with Crippen molar-refractivity contribution in [1.29, 1.82) is 0 Å². The summed E-state index contributed by atoms with van der Waals surface area (Å²) in [6.07, 6.45) is 0. The number of ether oxygens (including phenoxy) is 1. The highest BCUT2D eigenvalue weighted by Crippen LogP contribution is 2.43. The molecular formula is C27H22ClN3O4. The van der Waals surface area contributed by atoms with Gasteiger partial charge in [0.05, 0.1) is 34.3 Å². The number of hydrogen-bond donors (Lipinski definition) is 2. The molecule has 5 rings (SSSR count). The minimum absolute atomic E-state index is 0.0756. The van der Waals surface area contributed by atoms with Crippen LogP contribution in [0.3, 0.4) is 0 Å². The Morgan fingerprint density at radius 3 is 2.63 bits per heavy atom. The molecule has 0 spiro atoms. The first kappa shape index (κ1) is 22.7. The number of aliphatic hydroxyl groups is 1. The zero-order chi connectivity index (χ0) is 24.7. The number of amides is 1. The zero-order valence-electron chi connectivity index (χ0n) is 19.1. The fraction of sp³-hybridized carbons (Fsp3) is 0.148. The van der Waals surface area contributed by atoms with Crippen molar-refractivity contribution in [2.75, 3.05) is 11.5 Å². The van der Waals surface area contributed by atoms with Crippen molar-refractivity contribution in [3.8, 4) is 5.75 Å². The van der Waals surface area contributed by atoms with Crippen molar-refractivity contribution in [3.05, 3.63) is 94.0 Å². The number of carbonyl (C=O) groups excluding carboxylic acids is 2. The highest BCUT2D eigenvalue weighted by molar-refractivity contribution is 6.51. The molecule has 2 heterocycles. The average molecular weight is 488 g/mol. The van der Waals surface area contributed by atoms with E-state index in [0.29, 0.717) is 23.4 Å². The molecule has 7 nitrogen and oxygen atoms in total. The number of fused-ring (bicyclic) bond motifs is 1. The number of aliphatic hydroxyl groups excluding tert-OH is 1. The normalized spacial score (nSPS) is 17.3. The first-order valence-corrected chi connectivity index (χ1v) is 11.5. The number of nitrogens with zero attached hydrogens (tertiary/aromatic N) is 2. The van der Waals surface area contributed by atoms with Crippen LogP contribution in [0.2, 0.25) is 5.02 Å². The monoisotopic (exact) mass is 487 g/mol. The minimum atomic E-state index is -0.912. The van der Waals surface area contributed by atoms with Gasteiger partial charge < -0.3 is 14.8 Å². The van der Waals surface area contributed by atoms with Gasteiger partial charge in [0, 0.05) is 5.56 Å². The van der Waals surface area contributed by atoms with Crippen molar-refractivity contribution in [3.63, 3.8) is 0 Å². The Hall–Kier alpha value is -4.10. The summed E-state index contributed by atoms with van der Waals surface area (Å²) < 4.78 is 5.54. The maximum absolute atomic E-state index is 13.4. The maximum Gasteiger partial charge on any atom is 0.302 e. The summed E-state index contributed by atoms with van der Waals surface area (Å²) in [5.41, 5.74) is 3.19. The van der Waals surface area contributed by atoms with E-state index in [0.717, 1.165) is 11.1 Å². The van der Waals surface area contributed by atoms with Gasteiger partial charge in [0.1, 0.15) is 11.5 Å². The van der Waals surface area contributed by atoms with Crippen LogP contribution in [0.15, 0.2) is 72.3 Å². The van der Waals surface area contributed by atoms with Crippen molar-refractivity contribution in [2.24, 2.45) is 0 Å². The number of ketones is 1. The highest BCUT2D eigenvalue weighted by atomic mass is 35.5. The van der Waals surface area contributed by atoms with Gasteiger partial charge in [-0.2, -0.15) is 0 Å². The number of Topliss-reactive ketones (excluding diaryl/α,β-unsaturated/α-hetero) is 1. The van der Waals surface area contributed by atoms with E-state index in [-0.39, 0.29) is 27.9 Å². The largest absolute Gasteiger partial charge is 0.507 e. The van der Waals surface area contributed by atoms with Crippen LogP contribution in [0.5, 0.6) is 5.75 Å². The van der Waals surface area contributed by atoms with Crippen molar-refractivity contribution >= 4 is 46.0 Å². The number of H-pyrrole nitrogens is 1. The standard InChI is InChI=1S/C27H22ClN3O4/c1-3-35-17-10-11-19(28)18(14-17)24(32)22-23(16-7-5-4-6-8-16)31(26(34)25(22)33)27-29-20-12-9-15(2)13-21(20)30-27/h4-14,23,32H,3H2,1-2H3,(H,29,30)/b24-22+. The van der Waals surface area contributed by atoms with Gasteiger partial charge >= 0.3 is 5.91 Å². The number of aromatic nitrogens is 2. The van der Waals surface area contributed by atoms with Gasteiger partial charge in [0.25, 0.3) is 5.78 Å². The molecule has 1 aromatic heterocycles. The highest BCUT2D eigenvalue weighted by Gasteiger charge is 2.48. The molecule has 1 fully saturated rings. The number of halogens is 1. The van der Waals surface area contributed by atoms with Crippen LogP contribution in [-0.4, -0.2) is 33.4 Å². The lowest BCUT2D eigenvalue weighted by atomic mass is 9.95. The Bertz CT molecular complexity index is 1490. The van der Waals surface area contributed by atoms with Crippen LogP contribution in [-0.2, 0) is 9.59 Å². The number of aryl methyl sites for hydroxylation is 1. The number of aromatic amines is 1. The van der Waals surface area contributed by atoms with E-state index in [4.69, 9.17) is 16.3 Å². The molecule has 3 aromatic carbocycles. The first-order chi connectivity index (χ1) is 16.9. The predicted molar refractivity (Wildman–Crippen MR) is 135 cm³/mol. The number of imidazole rings is 1. The van der Waals surface area contributed by atoms with Crippen LogP contribution >= 0.6 is 11.6 Å². The second-order valence-corrected chi connectivity index (χ2v) is 8.64. The van der Waals surface area contributed by atoms with Gasteiger partial charge in [-0.1, -0.05) is 48.0 Å². The van der Waals surface area contributed by atoms with E-state index < -0.39 is 17.7 Å². The number of benzene rings is 3. The van der Waals surface area contributed by atoms with Gasteiger partial charge in [-0.05, 0) is 55.3 Å². The third-order valence-corrected chi connectivity index (χ3v) is 6.25. The summed E-state index contributed by atoms with van der Waals surface area (Å²) in [6, 6.07) is 18.6. The van der Waals surface area contributed by atoms with Crippen LogP contribution in [0, 0.1) is 6.92 Å². The second kappa shape index (κ2) is 8.92. The Balaban J connectivity index is 1.72. The molecule has 1 unspecified atom stereocenters. The zero-order valence-corrected chi connectivity index (χ0v) is 19.8. The summed E-state index contributed by atoms with van der Waals surface area (Å²) in [7, 11) is 0. The Morgan fingerprint density at radius 1 is 1.11 bits per heavy atom. The molecule has 2 N–H and O–H groups in total. The van der Waals surface area contributed by atoms with Gasteiger partial charge in [-0.3, -0.25) is 14.5 Å². The van der Waals surface area contributed by atoms with E-state index in [2.05, 4.69) is 9.97 Å². The number of hydrogen-bond acceptors (Lipinski definition) is 5. The summed E-state index contributed by atoms with van der Waals surface area (Å²) in [5.74, 6) is -1.30. The third-order valence-electron chi connectivity index (χ3n) is 5.92. The molecule has 1 saturated heterocycles. The van der Waals surface area contributed by atoms with E-state index in [1.54, 1.807) is 42.5 Å². The van der Waals surface area contributed by atoms with Gasteiger partial charge in [0.15, 0.2) is 0 Å². The lowest BCUT2D eigenvalue weighted by molar-refractivity contribution is -0.132. The third kappa shape index (κ3) is 3.94. The molecule has 4 aromatic rings. The Labute approximate surface area is 206 Å². The van der Waals surface area contributed by atoms with E-state index >= 15 is 0 Å². The molecule has 35 heavy (non-hydrogen) atoms. The average Bonchev–Trinajstić information content (AvgIpc) is 3.38. The quantitative estimate of drug-likeness (QED) is 0.218.